The number of carbonyl (C=O) groups excluding carboxylic acids is 1. The Morgan fingerprint density at radius 1 is 1.00 bits per heavy atom. The molecule has 0 radical (unpaired) electrons. The van der Waals surface area contributed by atoms with Crippen LogP contribution in [0.3, 0.4) is 0 Å². The van der Waals surface area contributed by atoms with Crippen LogP contribution in [0, 0.1) is 10.1 Å². The summed E-state index contributed by atoms with van der Waals surface area (Å²) in [6.45, 7) is 1.62. The fraction of sp³-hybridized carbons (Fsp3) is 0.0870. The number of para-hydroxylation sites is 1. The van der Waals surface area contributed by atoms with Crippen LogP contribution in [0.5, 0.6) is 0 Å². The van der Waals surface area contributed by atoms with Crippen molar-refractivity contribution >= 4 is 22.4 Å². The van der Waals surface area contributed by atoms with Gasteiger partial charge < -0.3 is 4.74 Å². The average Bonchev–Trinajstić information content (AvgIpc) is 2.80. The fourth-order valence-electron chi connectivity index (χ4n) is 3.26. The van der Waals surface area contributed by atoms with Gasteiger partial charge in [0.05, 0.1) is 16.0 Å². The topological polar surface area (TPSA) is 104 Å². The van der Waals surface area contributed by atoms with E-state index in [1.54, 1.807) is 61.5 Å². The molecule has 0 aliphatic rings. The maximum absolute atomic E-state index is 13.0. The van der Waals surface area contributed by atoms with Gasteiger partial charge in [-0.15, -0.1) is 0 Å². The monoisotopic (exact) mass is 415 g/mol. The summed E-state index contributed by atoms with van der Waals surface area (Å²) < 4.78 is 6.72. The Labute approximate surface area is 176 Å². The normalized spacial score (nSPS) is 11.8. The summed E-state index contributed by atoms with van der Waals surface area (Å²) in [5, 5.41) is 16.0. The molecule has 8 heteroatoms. The summed E-state index contributed by atoms with van der Waals surface area (Å²) in [5.74, 6) is -0.736. The molecule has 1 atom stereocenters. The minimum atomic E-state index is -0.759. The molecule has 0 saturated carbocycles. The predicted molar refractivity (Wildman–Crippen MR) is 114 cm³/mol. The highest BCUT2D eigenvalue weighted by Crippen LogP contribution is 2.24. The van der Waals surface area contributed by atoms with Gasteiger partial charge in [-0.2, -0.15) is 9.78 Å². The van der Waals surface area contributed by atoms with Crippen LogP contribution < -0.4 is 5.56 Å². The summed E-state index contributed by atoms with van der Waals surface area (Å²) in [4.78, 5) is 36.5. The first-order chi connectivity index (χ1) is 15.0. The number of rotatable bonds is 5. The highest BCUT2D eigenvalue weighted by atomic mass is 16.6. The Bertz CT molecular complexity index is 1350. The second kappa shape index (κ2) is 8.19. The highest BCUT2D eigenvalue weighted by molar-refractivity contribution is 6.02. The van der Waals surface area contributed by atoms with E-state index in [-0.39, 0.29) is 16.9 Å². The number of carbonyl (C=O) groups is 1. The molecule has 154 valence electrons. The number of nitrogens with zero attached hydrogens (tertiary/aromatic N) is 3. The maximum Gasteiger partial charge on any atom is 0.360 e. The Kier molecular flexibility index (Phi) is 5.28. The van der Waals surface area contributed by atoms with Gasteiger partial charge in [0.15, 0.2) is 5.69 Å². The maximum atomic E-state index is 13.0. The molecule has 0 fully saturated rings. The van der Waals surface area contributed by atoms with E-state index < -0.39 is 17.0 Å². The predicted octanol–water partition coefficient (Wildman–Crippen LogP) is 4.21. The molecule has 31 heavy (non-hydrogen) atoms. The summed E-state index contributed by atoms with van der Waals surface area (Å²) in [6, 6.07) is 21.3. The Balaban J connectivity index is 1.76. The summed E-state index contributed by atoms with van der Waals surface area (Å²) in [5.41, 5.74) is 0.519. The molecule has 0 amide bonds. The smallest absolute Gasteiger partial charge is 0.360 e. The van der Waals surface area contributed by atoms with Crippen molar-refractivity contribution in [3.05, 3.63) is 111 Å². The number of benzene rings is 3. The number of aromatic nitrogens is 2. The third-order valence-corrected chi connectivity index (χ3v) is 4.83. The van der Waals surface area contributed by atoms with Crippen LogP contribution in [0.4, 0.5) is 5.69 Å². The van der Waals surface area contributed by atoms with Crippen LogP contribution in [-0.4, -0.2) is 20.7 Å². The molecular weight excluding hydrogens is 398 g/mol. The minimum Gasteiger partial charge on any atom is -0.453 e. The van der Waals surface area contributed by atoms with Crippen LogP contribution in [0.25, 0.3) is 16.5 Å². The van der Waals surface area contributed by atoms with E-state index >= 15 is 0 Å². The number of esters is 1. The van der Waals surface area contributed by atoms with Gasteiger partial charge in [0.1, 0.15) is 6.10 Å². The first kappa shape index (κ1) is 20.0. The van der Waals surface area contributed by atoms with Gasteiger partial charge in [-0.1, -0.05) is 48.5 Å². The van der Waals surface area contributed by atoms with Crippen molar-refractivity contribution in [1.82, 2.24) is 9.78 Å². The van der Waals surface area contributed by atoms with Crippen molar-refractivity contribution < 1.29 is 14.5 Å². The van der Waals surface area contributed by atoms with Crippen LogP contribution in [0.2, 0.25) is 0 Å². The molecule has 0 aliphatic heterocycles. The Morgan fingerprint density at radius 3 is 2.39 bits per heavy atom. The largest absolute Gasteiger partial charge is 0.453 e. The first-order valence-electron chi connectivity index (χ1n) is 9.48. The van der Waals surface area contributed by atoms with E-state index in [1.807, 2.05) is 6.07 Å². The number of hydrogen-bond donors (Lipinski definition) is 0. The SMILES string of the molecule is C[C@H](OC(=O)c1nn(-c2ccccc2)c(=O)c2ccccc12)c1cccc([N+](=O)[O-])c1. The third-order valence-electron chi connectivity index (χ3n) is 4.83. The van der Waals surface area contributed by atoms with Gasteiger partial charge in [0.25, 0.3) is 11.2 Å². The van der Waals surface area contributed by atoms with E-state index in [9.17, 15) is 19.7 Å². The second-order valence-electron chi connectivity index (χ2n) is 6.85. The Hall–Kier alpha value is -4.33. The summed E-state index contributed by atoms with van der Waals surface area (Å²) >= 11 is 0. The molecule has 4 rings (SSSR count). The highest BCUT2D eigenvalue weighted by Gasteiger charge is 2.22. The van der Waals surface area contributed by atoms with Crippen molar-refractivity contribution in [2.45, 2.75) is 13.0 Å². The van der Waals surface area contributed by atoms with Crippen LogP contribution in [0.15, 0.2) is 83.7 Å². The zero-order valence-corrected chi connectivity index (χ0v) is 16.5. The van der Waals surface area contributed by atoms with Crippen molar-refractivity contribution in [1.29, 1.82) is 0 Å². The molecular formula is C23H17N3O5. The molecule has 0 saturated heterocycles. The van der Waals surface area contributed by atoms with Gasteiger partial charge in [0.2, 0.25) is 0 Å². The quantitative estimate of drug-likeness (QED) is 0.275. The molecule has 0 unspecified atom stereocenters. The standard InChI is InChI=1S/C23H17N3O5/c1-15(16-8-7-11-18(14-16)26(29)30)31-23(28)21-19-12-5-6-13-20(19)22(27)25(24-21)17-9-3-2-4-10-17/h2-15H,1H3/t15-/m0/s1. The molecule has 4 aromatic rings. The summed E-state index contributed by atoms with van der Waals surface area (Å²) in [6.07, 6.45) is -0.759. The Morgan fingerprint density at radius 2 is 1.68 bits per heavy atom. The fourth-order valence-corrected chi connectivity index (χ4v) is 3.26. The number of fused-ring (bicyclic) bond motifs is 1. The van der Waals surface area contributed by atoms with Gasteiger partial charge in [-0.05, 0) is 30.7 Å². The van der Waals surface area contributed by atoms with Crippen molar-refractivity contribution in [3.8, 4) is 5.69 Å². The van der Waals surface area contributed by atoms with Crippen LogP contribution >= 0.6 is 0 Å². The van der Waals surface area contributed by atoms with Crippen molar-refractivity contribution in [3.63, 3.8) is 0 Å². The lowest BCUT2D eigenvalue weighted by Crippen LogP contribution is -2.25. The minimum absolute atomic E-state index is 0.0173. The zero-order chi connectivity index (χ0) is 22.0. The lowest BCUT2D eigenvalue weighted by atomic mass is 10.1. The molecule has 3 aromatic carbocycles. The van der Waals surface area contributed by atoms with Gasteiger partial charge in [-0.25, -0.2) is 4.79 Å². The van der Waals surface area contributed by atoms with Gasteiger partial charge in [0, 0.05) is 17.5 Å². The van der Waals surface area contributed by atoms with Gasteiger partial charge >= 0.3 is 5.97 Å². The van der Waals surface area contributed by atoms with Crippen LogP contribution in [-0.2, 0) is 4.74 Å². The number of nitro benzene ring substituents is 1. The second-order valence-corrected chi connectivity index (χ2v) is 6.85. The molecule has 0 spiro atoms. The van der Waals surface area contributed by atoms with Crippen molar-refractivity contribution in [2.24, 2.45) is 0 Å². The molecule has 1 heterocycles. The van der Waals surface area contributed by atoms with E-state index in [2.05, 4.69) is 5.10 Å². The number of nitro groups is 1. The first-order valence-corrected chi connectivity index (χ1v) is 9.48. The number of non-ortho nitro benzene ring substituents is 1. The molecule has 0 N–H and O–H groups in total. The number of ether oxygens (including phenoxy) is 1. The zero-order valence-electron chi connectivity index (χ0n) is 16.5. The third kappa shape index (κ3) is 3.91. The number of hydrogen-bond acceptors (Lipinski definition) is 6. The van der Waals surface area contributed by atoms with Crippen molar-refractivity contribution in [2.75, 3.05) is 0 Å². The molecule has 8 nitrogen and oxygen atoms in total. The van der Waals surface area contributed by atoms with E-state index in [1.165, 1.54) is 18.2 Å². The average molecular weight is 415 g/mol. The lowest BCUT2D eigenvalue weighted by molar-refractivity contribution is -0.385. The van der Waals surface area contributed by atoms with E-state index in [0.29, 0.717) is 22.0 Å². The lowest BCUT2D eigenvalue weighted by Gasteiger charge is -2.15. The summed E-state index contributed by atoms with van der Waals surface area (Å²) in [7, 11) is 0. The van der Waals surface area contributed by atoms with Gasteiger partial charge in [-0.3, -0.25) is 14.9 Å². The molecule has 1 aromatic heterocycles. The molecule has 0 bridgehead atoms. The molecule has 0 aliphatic carbocycles. The van der Waals surface area contributed by atoms with Crippen LogP contribution in [0.1, 0.15) is 29.1 Å². The van der Waals surface area contributed by atoms with E-state index in [0.717, 1.165) is 4.68 Å². The van der Waals surface area contributed by atoms with E-state index in [4.69, 9.17) is 4.74 Å².